The average Bonchev–Trinajstić information content (AvgIpc) is 2.93. The largest absolute Gasteiger partial charge is 0.505 e. The Labute approximate surface area is 160 Å². The van der Waals surface area contributed by atoms with Crippen molar-refractivity contribution in [2.75, 3.05) is 0 Å². The maximum absolute atomic E-state index is 13.3. The second-order valence-electron chi connectivity index (χ2n) is 7.00. The van der Waals surface area contributed by atoms with Gasteiger partial charge in [-0.05, 0) is 37.6 Å². The van der Waals surface area contributed by atoms with Gasteiger partial charge in [-0.2, -0.15) is 0 Å². The van der Waals surface area contributed by atoms with Crippen molar-refractivity contribution >= 4 is 28.9 Å². The van der Waals surface area contributed by atoms with Gasteiger partial charge in [0.1, 0.15) is 28.1 Å². The molecule has 3 aromatic rings. The Morgan fingerprint density at radius 1 is 1.11 bits per heavy atom. The van der Waals surface area contributed by atoms with Gasteiger partial charge in [0.2, 0.25) is 0 Å². The van der Waals surface area contributed by atoms with Crippen LogP contribution in [0.4, 0.5) is 4.39 Å². The highest BCUT2D eigenvalue weighted by molar-refractivity contribution is 6.24. The molecule has 0 saturated heterocycles. The van der Waals surface area contributed by atoms with E-state index in [4.69, 9.17) is 0 Å². The van der Waals surface area contributed by atoms with Crippen molar-refractivity contribution in [3.63, 3.8) is 0 Å². The summed E-state index contributed by atoms with van der Waals surface area (Å²) in [5.41, 5.74) is 0.158. The lowest BCUT2D eigenvalue weighted by atomic mass is 9.92. The van der Waals surface area contributed by atoms with E-state index in [0.717, 1.165) is 4.90 Å². The maximum atomic E-state index is 13.3. The first kappa shape index (κ1) is 17.8. The number of fused-ring (bicyclic) bond motifs is 2. The lowest BCUT2D eigenvalue weighted by Gasteiger charge is -2.34. The van der Waals surface area contributed by atoms with Crippen LogP contribution in [-0.4, -0.2) is 31.8 Å². The van der Waals surface area contributed by atoms with Gasteiger partial charge in [0, 0.05) is 11.8 Å². The average molecular weight is 377 g/mol. The smallest absolute Gasteiger partial charge is 0.281 e. The zero-order chi connectivity index (χ0) is 20.2. The van der Waals surface area contributed by atoms with Crippen molar-refractivity contribution in [3.8, 4) is 5.75 Å². The van der Waals surface area contributed by atoms with E-state index in [1.165, 1.54) is 36.5 Å². The molecule has 2 aromatic heterocycles. The second kappa shape index (κ2) is 5.95. The molecule has 28 heavy (non-hydrogen) atoms. The number of nitrogens with zero attached hydrogens (tertiary/aromatic N) is 3. The number of hydrogen-bond acceptors (Lipinski definition) is 5. The molecule has 1 N–H and O–H groups in total. The number of halogens is 1. The molecule has 0 fully saturated rings. The highest BCUT2D eigenvalue weighted by Crippen LogP contribution is 2.40. The van der Waals surface area contributed by atoms with Gasteiger partial charge in [-0.3, -0.25) is 19.5 Å². The minimum Gasteiger partial charge on any atom is -0.505 e. The minimum absolute atomic E-state index is 0.124. The van der Waals surface area contributed by atoms with Crippen LogP contribution in [-0.2, 0) is 5.54 Å². The summed E-state index contributed by atoms with van der Waals surface area (Å²) in [5.74, 6) is -2.12. The van der Waals surface area contributed by atoms with E-state index < -0.39 is 23.2 Å². The van der Waals surface area contributed by atoms with E-state index in [9.17, 15) is 19.1 Å². The van der Waals surface area contributed by atoms with Crippen LogP contribution in [0, 0.1) is 5.82 Å². The van der Waals surface area contributed by atoms with Crippen molar-refractivity contribution in [1.29, 1.82) is 0 Å². The number of pyridine rings is 2. The monoisotopic (exact) mass is 377 g/mol. The van der Waals surface area contributed by atoms with Crippen LogP contribution in [0.15, 0.2) is 43.1 Å². The number of carbonyl (C=O) groups is 2. The van der Waals surface area contributed by atoms with Crippen LogP contribution in [0.1, 0.15) is 45.8 Å². The first-order valence-electron chi connectivity index (χ1n) is 8.56. The Balaban J connectivity index is 1.92. The molecular weight excluding hydrogens is 361 g/mol. The van der Waals surface area contributed by atoms with Gasteiger partial charge in [0.25, 0.3) is 11.8 Å². The molecule has 140 valence electrons. The predicted octanol–water partition coefficient (Wildman–Crippen LogP) is 3.65. The summed E-state index contributed by atoms with van der Waals surface area (Å²) in [4.78, 5) is 35.7. The van der Waals surface area contributed by atoms with Gasteiger partial charge in [0.05, 0.1) is 5.54 Å². The fourth-order valence-corrected chi connectivity index (χ4v) is 3.48. The van der Waals surface area contributed by atoms with E-state index in [1.54, 1.807) is 19.9 Å². The Bertz CT molecular complexity index is 1170. The third-order valence-electron chi connectivity index (χ3n) is 5.03. The highest BCUT2D eigenvalue weighted by atomic mass is 19.1. The number of benzene rings is 1. The van der Waals surface area contributed by atoms with E-state index in [0.29, 0.717) is 11.1 Å². The molecule has 0 unspecified atom stereocenters. The standard InChI is InChI=1S/C21H16FN3O3/c1-4-11-9-10-23-17-15(11)24-16-14(18(17)26)19(27)25(20(16)28)21(2,3)12-5-7-13(22)8-6-12/h4-10H,1H2,2-3H3,(H,24,26). The first-order chi connectivity index (χ1) is 13.3. The van der Waals surface area contributed by atoms with Gasteiger partial charge in [-0.25, -0.2) is 9.37 Å². The fourth-order valence-electron chi connectivity index (χ4n) is 3.48. The van der Waals surface area contributed by atoms with Crippen molar-refractivity contribution in [2.45, 2.75) is 19.4 Å². The Hall–Kier alpha value is -3.61. The number of imide groups is 1. The van der Waals surface area contributed by atoms with Crippen LogP contribution in [0.5, 0.6) is 5.75 Å². The second-order valence-corrected chi connectivity index (χ2v) is 7.00. The molecule has 0 aliphatic carbocycles. The summed E-state index contributed by atoms with van der Waals surface area (Å²) < 4.78 is 13.3. The molecule has 1 aliphatic heterocycles. The maximum Gasteiger partial charge on any atom is 0.281 e. The zero-order valence-corrected chi connectivity index (χ0v) is 15.2. The summed E-state index contributed by atoms with van der Waals surface area (Å²) in [5, 5.41) is 10.7. The van der Waals surface area contributed by atoms with Gasteiger partial charge >= 0.3 is 0 Å². The number of aromatic hydroxyl groups is 1. The Kier molecular flexibility index (Phi) is 3.78. The van der Waals surface area contributed by atoms with Gasteiger partial charge in [-0.1, -0.05) is 24.8 Å². The zero-order valence-electron chi connectivity index (χ0n) is 15.2. The summed E-state index contributed by atoms with van der Waals surface area (Å²) >= 11 is 0. The van der Waals surface area contributed by atoms with Crippen molar-refractivity contribution in [3.05, 3.63) is 71.3 Å². The summed E-state index contributed by atoms with van der Waals surface area (Å²) in [6, 6.07) is 7.20. The molecule has 7 heteroatoms. The van der Waals surface area contributed by atoms with E-state index in [1.807, 2.05) is 0 Å². The lowest BCUT2D eigenvalue weighted by molar-refractivity contribution is 0.0472. The van der Waals surface area contributed by atoms with Crippen molar-refractivity contribution < 1.29 is 19.1 Å². The third-order valence-corrected chi connectivity index (χ3v) is 5.03. The van der Waals surface area contributed by atoms with Crippen molar-refractivity contribution in [2.24, 2.45) is 0 Å². The molecule has 6 nitrogen and oxygen atoms in total. The minimum atomic E-state index is -1.09. The predicted molar refractivity (Wildman–Crippen MR) is 101 cm³/mol. The molecule has 0 atom stereocenters. The van der Waals surface area contributed by atoms with Gasteiger partial charge in [0.15, 0.2) is 5.75 Å². The quantitative estimate of drug-likeness (QED) is 0.705. The molecule has 3 heterocycles. The number of rotatable bonds is 3. The molecule has 0 bridgehead atoms. The van der Waals surface area contributed by atoms with Crippen LogP contribution < -0.4 is 0 Å². The molecule has 0 radical (unpaired) electrons. The number of amides is 2. The van der Waals surface area contributed by atoms with Crippen molar-refractivity contribution in [1.82, 2.24) is 14.9 Å². The highest BCUT2D eigenvalue weighted by Gasteiger charge is 2.48. The number of aromatic nitrogens is 2. The van der Waals surface area contributed by atoms with E-state index in [-0.39, 0.29) is 28.0 Å². The normalized spacial score (nSPS) is 13.9. The van der Waals surface area contributed by atoms with Crippen LogP contribution in [0.25, 0.3) is 17.1 Å². The Morgan fingerprint density at radius 3 is 2.43 bits per heavy atom. The molecular formula is C21H16FN3O3. The molecule has 2 amide bonds. The third kappa shape index (κ3) is 2.32. The topological polar surface area (TPSA) is 83.4 Å². The molecule has 1 aliphatic rings. The van der Waals surface area contributed by atoms with Crippen LogP contribution in [0.2, 0.25) is 0 Å². The van der Waals surface area contributed by atoms with E-state index in [2.05, 4.69) is 16.5 Å². The molecule has 0 saturated carbocycles. The van der Waals surface area contributed by atoms with Gasteiger partial charge in [-0.15, -0.1) is 0 Å². The SMILES string of the molecule is C=Cc1ccnc2c(O)c3c(nc12)C(=O)N(C(C)(C)c1ccc(F)cc1)C3=O. The summed E-state index contributed by atoms with van der Waals surface area (Å²) in [7, 11) is 0. The van der Waals surface area contributed by atoms with Crippen LogP contribution in [0.3, 0.4) is 0 Å². The number of hydrogen-bond donors (Lipinski definition) is 1. The Morgan fingerprint density at radius 2 is 1.79 bits per heavy atom. The number of carbonyl (C=O) groups excluding carboxylic acids is 2. The van der Waals surface area contributed by atoms with E-state index >= 15 is 0 Å². The summed E-state index contributed by atoms with van der Waals surface area (Å²) in [6.45, 7) is 7.04. The molecule has 4 rings (SSSR count). The van der Waals surface area contributed by atoms with Gasteiger partial charge < -0.3 is 5.11 Å². The lowest BCUT2D eigenvalue weighted by Crippen LogP contribution is -2.45. The molecule has 1 aromatic carbocycles. The van der Waals surface area contributed by atoms with Crippen LogP contribution >= 0.6 is 0 Å². The summed E-state index contributed by atoms with van der Waals surface area (Å²) in [6.07, 6.45) is 3.00. The molecule has 0 spiro atoms. The fraction of sp³-hybridized carbons (Fsp3) is 0.143. The first-order valence-corrected chi connectivity index (χ1v) is 8.56.